The Morgan fingerprint density at radius 1 is 0.889 bits per heavy atom. The Labute approximate surface area is 121 Å². The van der Waals surface area contributed by atoms with E-state index in [0.717, 1.165) is 11.4 Å². The summed E-state index contributed by atoms with van der Waals surface area (Å²) in [5, 5.41) is 8.44. The Hall–Kier alpha value is -1.43. The number of anilines is 1. The van der Waals surface area contributed by atoms with E-state index in [9.17, 15) is 0 Å². The molecule has 0 amide bonds. The van der Waals surface area contributed by atoms with E-state index < -0.39 is 0 Å². The number of benzene rings is 2. The summed E-state index contributed by atoms with van der Waals surface area (Å²) in [7, 11) is 4.06. The number of hydrogen-bond donors (Lipinski definition) is 0. The predicted molar refractivity (Wildman–Crippen MR) is 84.1 cm³/mol. The molecular formula is C14H14IN3. The van der Waals surface area contributed by atoms with Crippen LogP contribution in [0.1, 0.15) is 0 Å². The van der Waals surface area contributed by atoms with Crippen LogP contribution in [0.5, 0.6) is 0 Å². The minimum atomic E-state index is 0.865. The predicted octanol–water partition coefficient (Wildman–Crippen LogP) is 4.77. The summed E-state index contributed by atoms with van der Waals surface area (Å²) in [6.07, 6.45) is 0. The molecule has 0 atom stereocenters. The summed E-state index contributed by atoms with van der Waals surface area (Å²) in [5.74, 6) is 0. The van der Waals surface area contributed by atoms with Crippen LogP contribution >= 0.6 is 22.6 Å². The van der Waals surface area contributed by atoms with Crippen LogP contribution in [0.15, 0.2) is 58.8 Å². The second-order valence-electron chi connectivity index (χ2n) is 4.07. The van der Waals surface area contributed by atoms with Gasteiger partial charge in [-0.3, -0.25) is 0 Å². The van der Waals surface area contributed by atoms with Crippen molar-refractivity contribution in [2.75, 3.05) is 19.0 Å². The Kier molecular flexibility index (Phi) is 4.30. The van der Waals surface area contributed by atoms with Crippen LogP contribution in [-0.2, 0) is 0 Å². The molecule has 92 valence electrons. The summed E-state index contributed by atoms with van der Waals surface area (Å²) >= 11 is 2.31. The maximum atomic E-state index is 4.24. The SMILES string of the molecule is CN(C)c1ccc(N=Nc2ccccc2)cc1I. The third kappa shape index (κ3) is 3.29. The first-order chi connectivity index (χ1) is 8.66. The van der Waals surface area contributed by atoms with E-state index in [-0.39, 0.29) is 0 Å². The monoisotopic (exact) mass is 351 g/mol. The molecule has 0 aromatic heterocycles. The lowest BCUT2D eigenvalue weighted by Gasteiger charge is -2.14. The van der Waals surface area contributed by atoms with Crippen LogP contribution < -0.4 is 4.90 Å². The lowest BCUT2D eigenvalue weighted by Crippen LogP contribution is -2.09. The fourth-order valence-corrected chi connectivity index (χ4v) is 2.51. The van der Waals surface area contributed by atoms with E-state index in [2.05, 4.69) is 43.8 Å². The molecule has 0 aliphatic carbocycles. The second kappa shape index (κ2) is 5.95. The lowest BCUT2D eigenvalue weighted by molar-refractivity contribution is 1.12. The van der Waals surface area contributed by atoms with Crippen molar-refractivity contribution in [1.29, 1.82) is 0 Å². The molecule has 0 heterocycles. The highest BCUT2D eigenvalue weighted by Gasteiger charge is 2.02. The molecular weight excluding hydrogens is 337 g/mol. The van der Waals surface area contributed by atoms with Gasteiger partial charge in [0.2, 0.25) is 0 Å². The maximum Gasteiger partial charge on any atom is 0.0869 e. The van der Waals surface area contributed by atoms with Crippen molar-refractivity contribution in [3.63, 3.8) is 0 Å². The van der Waals surface area contributed by atoms with Crippen molar-refractivity contribution >= 4 is 39.7 Å². The lowest BCUT2D eigenvalue weighted by atomic mass is 10.3. The van der Waals surface area contributed by atoms with Crippen LogP contribution in [0.2, 0.25) is 0 Å². The molecule has 0 aliphatic heterocycles. The first-order valence-corrected chi connectivity index (χ1v) is 6.68. The fraction of sp³-hybridized carbons (Fsp3) is 0.143. The summed E-state index contributed by atoms with van der Waals surface area (Å²) in [5.41, 5.74) is 2.92. The number of nitrogens with zero attached hydrogens (tertiary/aromatic N) is 3. The van der Waals surface area contributed by atoms with Gasteiger partial charge in [0.15, 0.2) is 0 Å². The molecule has 0 bridgehead atoms. The van der Waals surface area contributed by atoms with Gasteiger partial charge in [-0.15, -0.1) is 0 Å². The number of hydrogen-bond acceptors (Lipinski definition) is 3. The Balaban J connectivity index is 2.21. The van der Waals surface area contributed by atoms with Crippen LogP contribution in [0.4, 0.5) is 17.1 Å². The number of azo groups is 1. The number of rotatable bonds is 3. The van der Waals surface area contributed by atoms with E-state index in [0.29, 0.717) is 0 Å². The summed E-state index contributed by atoms with van der Waals surface area (Å²) in [6, 6.07) is 15.8. The summed E-state index contributed by atoms with van der Waals surface area (Å²) in [6.45, 7) is 0. The third-order valence-corrected chi connectivity index (χ3v) is 3.31. The fourth-order valence-electron chi connectivity index (χ4n) is 1.53. The molecule has 4 heteroatoms. The quantitative estimate of drug-likeness (QED) is 0.578. The van der Waals surface area contributed by atoms with Crippen LogP contribution in [-0.4, -0.2) is 14.1 Å². The molecule has 2 aromatic carbocycles. The first-order valence-electron chi connectivity index (χ1n) is 5.60. The van der Waals surface area contributed by atoms with E-state index in [1.807, 2.05) is 56.6 Å². The molecule has 3 nitrogen and oxygen atoms in total. The zero-order valence-corrected chi connectivity index (χ0v) is 12.5. The largest absolute Gasteiger partial charge is 0.377 e. The smallest absolute Gasteiger partial charge is 0.0869 e. The van der Waals surface area contributed by atoms with Gasteiger partial charge in [0.25, 0.3) is 0 Å². The zero-order valence-electron chi connectivity index (χ0n) is 10.3. The zero-order chi connectivity index (χ0) is 13.0. The van der Waals surface area contributed by atoms with E-state index in [1.54, 1.807) is 0 Å². The second-order valence-corrected chi connectivity index (χ2v) is 5.23. The van der Waals surface area contributed by atoms with Gasteiger partial charge in [0.1, 0.15) is 0 Å². The van der Waals surface area contributed by atoms with E-state index in [4.69, 9.17) is 0 Å². The van der Waals surface area contributed by atoms with Crippen molar-refractivity contribution in [3.8, 4) is 0 Å². The van der Waals surface area contributed by atoms with Gasteiger partial charge < -0.3 is 4.90 Å². The van der Waals surface area contributed by atoms with Crippen molar-refractivity contribution in [1.82, 2.24) is 0 Å². The molecule has 0 saturated heterocycles. The molecule has 2 aromatic rings. The van der Waals surface area contributed by atoms with Gasteiger partial charge in [-0.1, -0.05) is 18.2 Å². The molecule has 0 aliphatic rings. The van der Waals surface area contributed by atoms with E-state index >= 15 is 0 Å². The third-order valence-electron chi connectivity index (χ3n) is 2.45. The van der Waals surface area contributed by atoms with Crippen molar-refractivity contribution < 1.29 is 0 Å². The molecule has 0 unspecified atom stereocenters. The summed E-state index contributed by atoms with van der Waals surface area (Å²) < 4.78 is 1.17. The van der Waals surface area contributed by atoms with Crippen molar-refractivity contribution in [2.45, 2.75) is 0 Å². The normalized spacial score (nSPS) is 10.8. The van der Waals surface area contributed by atoms with Crippen molar-refractivity contribution in [3.05, 3.63) is 52.1 Å². The molecule has 18 heavy (non-hydrogen) atoms. The van der Waals surface area contributed by atoms with Gasteiger partial charge >= 0.3 is 0 Å². The Bertz CT molecular complexity index is 550. The first kappa shape index (κ1) is 13.0. The Morgan fingerprint density at radius 2 is 1.56 bits per heavy atom. The van der Waals surface area contributed by atoms with E-state index in [1.165, 1.54) is 9.26 Å². The average Bonchev–Trinajstić information content (AvgIpc) is 2.37. The average molecular weight is 351 g/mol. The minimum absolute atomic E-state index is 0.865. The van der Waals surface area contributed by atoms with Gasteiger partial charge in [-0.2, -0.15) is 10.2 Å². The minimum Gasteiger partial charge on any atom is -0.377 e. The van der Waals surface area contributed by atoms with Gasteiger partial charge in [0.05, 0.1) is 11.4 Å². The maximum absolute atomic E-state index is 4.24. The van der Waals surface area contributed by atoms with Crippen LogP contribution in [0.3, 0.4) is 0 Å². The summed E-state index contributed by atoms with van der Waals surface area (Å²) in [4.78, 5) is 2.08. The molecule has 0 fully saturated rings. The van der Waals surface area contributed by atoms with Crippen LogP contribution in [0.25, 0.3) is 0 Å². The van der Waals surface area contributed by atoms with Gasteiger partial charge in [-0.25, -0.2) is 0 Å². The highest BCUT2D eigenvalue weighted by Crippen LogP contribution is 2.26. The van der Waals surface area contributed by atoms with Gasteiger partial charge in [-0.05, 0) is 52.9 Å². The highest BCUT2D eigenvalue weighted by atomic mass is 127. The molecule has 0 saturated carbocycles. The Morgan fingerprint density at radius 3 is 2.17 bits per heavy atom. The molecule has 2 rings (SSSR count). The molecule has 0 N–H and O–H groups in total. The topological polar surface area (TPSA) is 28.0 Å². The standard InChI is InChI=1S/C14H14IN3/c1-18(2)14-9-8-12(10-13(14)15)17-16-11-6-4-3-5-7-11/h3-10H,1-2H3. The highest BCUT2D eigenvalue weighted by molar-refractivity contribution is 14.1. The number of halogens is 1. The van der Waals surface area contributed by atoms with Gasteiger partial charge in [0, 0.05) is 23.4 Å². The van der Waals surface area contributed by atoms with Crippen LogP contribution in [0, 0.1) is 3.57 Å². The molecule has 0 spiro atoms. The molecule has 0 radical (unpaired) electrons. The van der Waals surface area contributed by atoms with Crippen molar-refractivity contribution in [2.24, 2.45) is 10.2 Å².